The van der Waals surface area contributed by atoms with Gasteiger partial charge in [-0.05, 0) is 55.5 Å². The zero-order valence-electron chi connectivity index (χ0n) is 12.2. The second-order valence-electron chi connectivity index (χ2n) is 5.71. The zero-order chi connectivity index (χ0) is 13.8. The van der Waals surface area contributed by atoms with E-state index in [2.05, 4.69) is 60.0 Å². The maximum absolute atomic E-state index is 3.24. The van der Waals surface area contributed by atoms with Crippen LogP contribution in [0, 0.1) is 11.8 Å². The van der Waals surface area contributed by atoms with E-state index in [9.17, 15) is 0 Å². The minimum absolute atomic E-state index is 0.556. The van der Waals surface area contributed by atoms with E-state index in [1.54, 1.807) is 0 Å². The molecule has 0 spiro atoms. The van der Waals surface area contributed by atoms with Gasteiger partial charge >= 0.3 is 0 Å². The number of hydrogen-bond donors (Lipinski definition) is 1. The number of hydrogen-bond acceptors (Lipinski definition) is 1. The average Bonchev–Trinajstić information content (AvgIpc) is 2.66. The summed E-state index contributed by atoms with van der Waals surface area (Å²) >= 11 is 0. The van der Waals surface area contributed by atoms with Crippen LogP contribution in [0.5, 0.6) is 0 Å². The number of allylic oxidation sites excluding steroid dienone is 5. The Labute approximate surface area is 122 Å². The molecule has 1 heteroatoms. The first kappa shape index (κ1) is 13.4. The van der Waals surface area contributed by atoms with Crippen LogP contribution in [0.15, 0.2) is 54.6 Å². The molecule has 3 rings (SSSR count). The van der Waals surface area contributed by atoms with E-state index in [1.807, 2.05) is 7.05 Å². The maximum atomic E-state index is 3.24. The van der Waals surface area contributed by atoms with E-state index in [-0.39, 0.29) is 0 Å². The van der Waals surface area contributed by atoms with Crippen LogP contribution in [0.4, 0.5) is 0 Å². The van der Waals surface area contributed by atoms with Crippen LogP contribution in [-0.2, 0) is 6.42 Å². The second-order valence-corrected chi connectivity index (χ2v) is 5.71. The summed E-state index contributed by atoms with van der Waals surface area (Å²) < 4.78 is 0. The molecule has 1 nitrogen and oxygen atoms in total. The summed E-state index contributed by atoms with van der Waals surface area (Å²) in [6.45, 7) is 1.04. The quantitative estimate of drug-likeness (QED) is 0.815. The Hall–Kier alpha value is -1.60. The van der Waals surface area contributed by atoms with Crippen molar-refractivity contribution in [3.05, 3.63) is 65.8 Å². The Morgan fingerprint density at radius 1 is 1.20 bits per heavy atom. The summed E-state index contributed by atoms with van der Waals surface area (Å²) in [7, 11) is 2.02. The lowest BCUT2D eigenvalue weighted by atomic mass is 9.80. The van der Waals surface area contributed by atoms with Gasteiger partial charge in [0.1, 0.15) is 0 Å². The zero-order valence-corrected chi connectivity index (χ0v) is 12.2. The predicted molar refractivity (Wildman–Crippen MR) is 86.5 cm³/mol. The summed E-state index contributed by atoms with van der Waals surface area (Å²) in [5.74, 6) is 1.22. The van der Waals surface area contributed by atoms with Gasteiger partial charge in [-0.1, -0.05) is 54.6 Å². The third kappa shape index (κ3) is 2.64. The molecule has 2 aliphatic rings. The fraction of sp³-hybridized carbons (Fsp3) is 0.368. The molecule has 0 bridgehead atoms. The SMILES string of the molecule is CNCC/C=C1/c2ccccc2CCC2C=CC=CC12. The van der Waals surface area contributed by atoms with Crippen molar-refractivity contribution in [2.45, 2.75) is 19.3 Å². The van der Waals surface area contributed by atoms with Gasteiger partial charge < -0.3 is 5.32 Å². The molecule has 1 aromatic carbocycles. The van der Waals surface area contributed by atoms with Crippen LogP contribution in [0.25, 0.3) is 5.57 Å². The smallest absolute Gasteiger partial charge is 0.00870 e. The largest absolute Gasteiger partial charge is 0.319 e. The van der Waals surface area contributed by atoms with Crippen molar-refractivity contribution in [2.75, 3.05) is 13.6 Å². The molecule has 104 valence electrons. The third-order valence-corrected chi connectivity index (χ3v) is 4.44. The van der Waals surface area contributed by atoms with Crippen LogP contribution in [-0.4, -0.2) is 13.6 Å². The van der Waals surface area contributed by atoms with Gasteiger partial charge in [0.05, 0.1) is 0 Å². The van der Waals surface area contributed by atoms with Crippen molar-refractivity contribution in [2.24, 2.45) is 11.8 Å². The van der Waals surface area contributed by atoms with Crippen molar-refractivity contribution in [1.29, 1.82) is 0 Å². The molecule has 0 aliphatic heterocycles. The number of rotatable bonds is 3. The maximum Gasteiger partial charge on any atom is 0.00870 e. The minimum atomic E-state index is 0.556. The molecule has 0 saturated carbocycles. The Kier molecular flexibility index (Phi) is 4.17. The summed E-state index contributed by atoms with van der Waals surface area (Å²) in [6, 6.07) is 8.94. The van der Waals surface area contributed by atoms with E-state index in [0.717, 1.165) is 13.0 Å². The first-order valence-electron chi connectivity index (χ1n) is 7.68. The predicted octanol–water partition coefficient (Wildman–Crippen LogP) is 3.98. The van der Waals surface area contributed by atoms with E-state index >= 15 is 0 Å². The number of fused-ring (bicyclic) bond motifs is 2. The van der Waals surface area contributed by atoms with E-state index in [1.165, 1.54) is 29.5 Å². The molecule has 0 radical (unpaired) electrons. The molecule has 0 saturated heterocycles. The number of aryl methyl sites for hydroxylation is 1. The highest BCUT2D eigenvalue weighted by atomic mass is 14.8. The van der Waals surface area contributed by atoms with Crippen molar-refractivity contribution in [1.82, 2.24) is 5.32 Å². The molecule has 2 atom stereocenters. The highest BCUT2D eigenvalue weighted by Crippen LogP contribution is 2.40. The van der Waals surface area contributed by atoms with Gasteiger partial charge in [0.15, 0.2) is 0 Å². The lowest BCUT2D eigenvalue weighted by molar-refractivity contribution is 0.528. The van der Waals surface area contributed by atoms with Gasteiger partial charge in [-0.15, -0.1) is 0 Å². The van der Waals surface area contributed by atoms with Gasteiger partial charge in [-0.2, -0.15) is 0 Å². The summed E-state index contributed by atoms with van der Waals surface area (Å²) in [6.07, 6.45) is 15.2. The average molecular weight is 265 g/mol. The van der Waals surface area contributed by atoms with Gasteiger partial charge in [0, 0.05) is 5.92 Å². The Morgan fingerprint density at radius 2 is 2.05 bits per heavy atom. The minimum Gasteiger partial charge on any atom is -0.319 e. The fourth-order valence-electron chi connectivity index (χ4n) is 3.40. The van der Waals surface area contributed by atoms with Crippen molar-refractivity contribution in [3.63, 3.8) is 0 Å². The van der Waals surface area contributed by atoms with Crippen LogP contribution in [0.3, 0.4) is 0 Å². The van der Waals surface area contributed by atoms with Gasteiger partial charge in [0.25, 0.3) is 0 Å². The highest BCUT2D eigenvalue weighted by molar-refractivity contribution is 5.73. The van der Waals surface area contributed by atoms with Crippen LogP contribution >= 0.6 is 0 Å². The molecule has 1 N–H and O–H groups in total. The monoisotopic (exact) mass is 265 g/mol. The van der Waals surface area contributed by atoms with Gasteiger partial charge in [0.2, 0.25) is 0 Å². The second kappa shape index (κ2) is 6.23. The summed E-state index contributed by atoms with van der Waals surface area (Å²) in [5.41, 5.74) is 4.51. The molecule has 0 heterocycles. The molecule has 2 unspecified atom stereocenters. The number of benzene rings is 1. The van der Waals surface area contributed by atoms with E-state index < -0.39 is 0 Å². The summed E-state index contributed by atoms with van der Waals surface area (Å²) in [4.78, 5) is 0. The first-order valence-corrected chi connectivity index (χ1v) is 7.68. The van der Waals surface area contributed by atoms with Gasteiger partial charge in [-0.25, -0.2) is 0 Å². The van der Waals surface area contributed by atoms with Crippen molar-refractivity contribution >= 4 is 5.57 Å². The Morgan fingerprint density at radius 3 is 2.95 bits per heavy atom. The molecular formula is C19H23N. The van der Waals surface area contributed by atoms with E-state index in [4.69, 9.17) is 0 Å². The lowest BCUT2D eigenvalue weighted by Gasteiger charge is -2.24. The molecule has 20 heavy (non-hydrogen) atoms. The Balaban J connectivity index is 2.01. The standard InChI is InChI=1S/C19H23N/c1-20-14-6-11-19-17-9-4-2-7-15(17)12-13-16-8-3-5-10-18(16)19/h2-5,7-11,15,17,20H,6,12-14H2,1H3/b19-11+. The molecule has 1 aromatic rings. The molecule has 2 aliphatic carbocycles. The highest BCUT2D eigenvalue weighted by Gasteiger charge is 2.27. The third-order valence-electron chi connectivity index (χ3n) is 4.44. The molecule has 0 amide bonds. The van der Waals surface area contributed by atoms with Crippen molar-refractivity contribution < 1.29 is 0 Å². The van der Waals surface area contributed by atoms with Crippen molar-refractivity contribution in [3.8, 4) is 0 Å². The van der Waals surface area contributed by atoms with Crippen LogP contribution in [0.2, 0.25) is 0 Å². The number of nitrogens with one attached hydrogen (secondary N) is 1. The normalized spacial score (nSPS) is 26.1. The Bertz CT molecular complexity index is 551. The summed E-state index contributed by atoms with van der Waals surface area (Å²) in [5, 5.41) is 3.24. The van der Waals surface area contributed by atoms with Crippen LogP contribution in [0.1, 0.15) is 24.0 Å². The van der Waals surface area contributed by atoms with Crippen LogP contribution < -0.4 is 5.32 Å². The first-order chi connectivity index (χ1) is 9.90. The van der Waals surface area contributed by atoms with Gasteiger partial charge in [-0.3, -0.25) is 0 Å². The fourth-order valence-corrected chi connectivity index (χ4v) is 3.40. The lowest BCUT2D eigenvalue weighted by Crippen LogP contribution is -2.13. The topological polar surface area (TPSA) is 12.0 Å². The molecule has 0 aromatic heterocycles. The molecule has 0 fully saturated rings. The van der Waals surface area contributed by atoms with E-state index in [0.29, 0.717) is 11.8 Å². The molecular weight excluding hydrogens is 242 g/mol.